The maximum Gasteiger partial charge on any atom is 0.317 e. The van der Waals surface area contributed by atoms with Gasteiger partial charge >= 0.3 is 6.03 Å². The van der Waals surface area contributed by atoms with E-state index in [1.54, 1.807) is 35.5 Å². The molecule has 1 aliphatic rings. The van der Waals surface area contributed by atoms with Crippen molar-refractivity contribution in [1.29, 1.82) is 0 Å². The third-order valence-corrected chi connectivity index (χ3v) is 5.65. The van der Waals surface area contributed by atoms with Crippen LogP contribution in [0.4, 0.5) is 9.18 Å². The molecule has 1 aromatic heterocycles. The van der Waals surface area contributed by atoms with E-state index in [-0.39, 0.29) is 23.2 Å². The number of amides is 2. The van der Waals surface area contributed by atoms with Gasteiger partial charge in [-0.2, -0.15) is 0 Å². The highest BCUT2D eigenvalue weighted by atomic mass is 32.1. The van der Waals surface area contributed by atoms with Crippen molar-refractivity contribution >= 4 is 17.4 Å². The summed E-state index contributed by atoms with van der Waals surface area (Å²) in [7, 11) is 1.78. The second-order valence-corrected chi connectivity index (χ2v) is 7.50. The monoisotopic (exact) mass is 347 g/mol. The minimum absolute atomic E-state index is 0.124. The maximum absolute atomic E-state index is 14.0. The van der Waals surface area contributed by atoms with Crippen LogP contribution in [0.3, 0.4) is 0 Å². The van der Waals surface area contributed by atoms with Crippen molar-refractivity contribution in [3.05, 3.63) is 52.2 Å². The number of carbonyl (C=O) groups excluding carboxylic acids is 1. The first-order valence-corrected chi connectivity index (χ1v) is 9.03. The zero-order valence-corrected chi connectivity index (χ0v) is 14.8. The summed E-state index contributed by atoms with van der Waals surface area (Å²) in [4.78, 5) is 18.3. The number of halogens is 1. The van der Waals surface area contributed by atoms with Crippen LogP contribution in [-0.2, 0) is 5.41 Å². The van der Waals surface area contributed by atoms with Gasteiger partial charge in [-0.15, -0.1) is 11.3 Å². The molecular weight excluding hydrogens is 325 g/mol. The molecule has 1 heterocycles. The molecule has 0 unspecified atom stereocenters. The van der Waals surface area contributed by atoms with Crippen molar-refractivity contribution in [1.82, 2.24) is 15.2 Å². The zero-order valence-electron chi connectivity index (χ0n) is 14.0. The highest BCUT2D eigenvalue weighted by Crippen LogP contribution is 2.48. The molecule has 1 fully saturated rings. The average molecular weight is 347 g/mol. The zero-order chi connectivity index (χ0) is 17.2. The second kappa shape index (κ2) is 6.89. The predicted octanol–water partition coefficient (Wildman–Crippen LogP) is 3.76. The average Bonchev–Trinajstić information content (AvgIpc) is 3.15. The van der Waals surface area contributed by atoms with Crippen molar-refractivity contribution in [3.8, 4) is 0 Å². The highest BCUT2D eigenvalue weighted by molar-refractivity contribution is 7.09. The number of carbonyl (C=O) groups is 1. The van der Waals surface area contributed by atoms with Gasteiger partial charge in [-0.05, 0) is 24.5 Å². The molecule has 4 nitrogen and oxygen atoms in total. The minimum atomic E-state index is -0.233. The molecule has 1 N–H and O–H groups in total. The van der Waals surface area contributed by atoms with Gasteiger partial charge in [0.15, 0.2) is 0 Å². The molecule has 1 aliphatic carbocycles. The van der Waals surface area contributed by atoms with Gasteiger partial charge in [-0.1, -0.05) is 25.1 Å². The van der Waals surface area contributed by atoms with Gasteiger partial charge in [0.1, 0.15) is 5.82 Å². The van der Waals surface area contributed by atoms with E-state index in [0.29, 0.717) is 18.7 Å². The van der Waals surface area contributed by atoms with E-state index in [4.69, 9.17) is 0 Å². The number of benzene rings is 1. The number of thiazole rings is 1. The predicted molar refractivity (Wildman–Crippen MR) is 93.9 cm³/mol. The van der Waals surface area contributed by atoms with Crippen LogP contribution in [0.25, 0.3) is 0 Å². The quantitative estimate of drug-likeness (QED) is 0.865. The lowest BCUT2D eigenvalue weighted by molar-refractivity contribution is 0.205. The van der Waals surface area contributed by atoms with E-state index in [0.717, 1.165) is 17.8 Å². The van der Waals surface area contributed by atoms with Crippen LogP contribution < -0.4 is 5.32 Å². The number of aromatic nitrogens is 1. The first-order valence-electron chi connectivity index (χ1n) is 8.15. The first-order chi connectivity index (χ1) is 11.5. The van der Waals surface area contributed by atoms with Crippen LogP contribution in [0.2, 0.25) is 0 Å². The first kappa shape index (κ1) is 16.9. The SMILES string of the molecule is C[C@@H](CN(C)C(=O)NCC1(c2ccccc2F)CC1)c1nccs1. The van der Waals surface area contributed by atoms with Crippen LogP contribution in [0.5, 0.6) is 0 Å². The fourth-order valence-corrected chi connectivity index (χ4v) is 3.70. The Bertz CT molecular complexity index is 700. The molecule has 0 spiro atoms. The van der Waals surface area contributed by atoms with Crippen LogP contribution in [0.15, 0.2) is 35.8 Å². The Kier molecular flexibility index (Phi) is 4.85. The largest absolute Gasteiger partial charge is 0.337 e. The van der Waals surface area contributed by atoms with Gasteiger partial charge < -0.3 is 10.2 Å². The summed E-state index contributed by atoms with van der Waals surface area (Å²) in [6.45, 7) is 3.14. The number of nitrogens with zero attached hydrogens (tertiary/aromatic N) is 2. The Morgan fingerprint density at radius 3 is 2.83 bits per heavy atom. The lowest BCUT2D eigenvalue weighted by Crippen LogP contribution is -2.42. The topological polar surface area (TPSA) is 45.2 Å². The summed E-state index contributed by atoms with van der Waals surface area (Å²) in [6, 6.07) is 6.73. The van der Waals surface area contributed by atoms with Gasteiger partial charge in [-0.25, -0.2) is 14.2 Å². The number of hydrogen-bond acceptors (Lipinski definition) is 3. The summed E-state index contributed by atoms with van der Waals surface area (Å²) in [5.74, 6) is 0.0113. The van der Waals surface area contributed by atoms with Crippen LogP contribution >= 0.6 is 11.3 Å². The van der Waals surface area contributed by atoms with E-state index < -0.39 is 0 Å². The van der Waals surface area contributed by atoms with Crippen molar-refractivity contribution < 1.29 is 9.18 Å². The summed E-state index contributed by atoms with van der Waals surface area (Å²) in [5.41, 5.74) is 0.479. The van der Waals surface area contributed by atoms with Gasteiger partial charge in [0.2, 0.25) is 0 Å². The van der Waals surface area contributed by atoms with E-state index >= 15 is 0 Å². The highest BCUT2D eigenvalue weighted by Gasteiger charge is 2.46. The summed E-state index contributed by atoms with van der Waals surface area (Å²) < 4.78 is 14.0. The normalized spacial score (nSPS) is 16.5. The summed E-state index contributed by atoms with van der Waals surface area (Å²) >= 11 is 1.60. The Balaban J connectivity index is 1.55. The molecule has 0 bridgehead atoms. The third-order valence-electron chi connectivity index (χ3n) is 4.64. The molecule has 0 radical (unpaired) electrons. The summed E-state index contributed by atoms with van der Waals surface area (Å²) in [6.07, 6.45) is 3.60. The standard InChI is InChI=1S/C18H22FN3OS/c1-13(16-20-9-10-24-16)11-22(2)17(23)21-12-18(7-8-18)14-5-3-4-6-15(14)19/h3-6,9-10,13H,7-8,11-12H2,1-2H3,(H,21,23)/t13-/m0/s1. The maximum atomic E-state index is 14.0. The lowest BCUT2D eigenvalue weighted by Gasteiger charge is -2.23. The van der Waals surface area contributed by atoms with E-state index in [9.17, 15) is 9.18 Å². The molecule has 3 rings (SSSR count). The number of urea groups is 1. The van der Waals surface area contributed by atoms with Gasteiger partial charge in [0, 0.05) is 43.0 Å². The number of rotatable bonds is 6. The van der Waals surface area contributed by atoms with Crippen molar-refractivity contribution in [2.75, 3.05) is 20.1 Å². The number of likely N-dealkylation sites (N-methyl/N-ethyl adjacent to an activating group) is 1. The number of nitrogens with one attached hydrogen (secondary N) is 1. The Labute approximate surface area is 145 Å². The Morgan fingerprint density at radius 2 is 2.21 bits per heavy atom. The van der Waals surface area contributed by atoms with Crippen molar-refractivity contribution in [2.24, 2.45) is 0 Å². The van der Waals surface area contributed by atoms with E-state index in [2.05, 4.69) is 17.2 Å². The lowest BCUT2D eigenvalue weighted by atomic mass is 9.95. The summed E-state index contributed by atoms with van der Waals surface area (Å²) in [5, 5.41) is 5.93. The van der Waals surface area contributed by atoms with Crippen LogP contribution in [-0.4, -0.2) is 36.1 Å². The van der Waals surface area contributed by atoms with E-state index in [1.807, 2.05) is 17.5 Å². The molecule has 6 heteroatoms. The van der Waals surface area contributed by atoms with Gasteiger partial charge in [0.25, 0.3) is 0 Å². The van der Waals surface area contributed by atoms with Crippen LogP contribution in [0.1, 0.15) is 36.3 Å². The second-order valence-electron chi connectivity index (χ2n) is 6.57. The van der Waals surface area contributed by atoms with Crippen molar-refractivity contribution in [3.63, 3.8) is 0 Å². The molecule has 24 heavy (non-hydrogen) atoms. The van der Waals surface area contributed by atoms with Gasteiger partial charge in [0.05, 0.1) is 5.01 Å². The molecule has 0 saturated heterocycles. The molecule has 2 aromatic rings. The van der Waals surface area contributed by atoms with E-state index in [1.165, 1.54) is 6.07 Å². The molecule has 2 amide bonds. The Hall–Kier alpha value is -1.95. The third kappa shape index (κ3) is 3.59. The molecule has 1 atom stereocenters. The molecular formula is C18H22FN3OS. The molecule has 1 aromatic carbocycles. The molecule has 0 aliphatic heterocycles. The minimum Gasteiger partial charge on any atom is -0.337 e. The number of hydrogen-bond donors (Lipinski definition) is 1. The fraction of sp³-hybridized carbons (Fsp3) is 0.444. The van der Waals surface area contributed by atoms with Crippen molar-refractivity contribution in [2.45, 2.75) is 31.1 Å². The Morgan fingerprint density at radius 1 is 1.46 bits per heavy atom. The van der Waals surface area contributed by atoms with Crippen LogP contribution in [0, 0.1) is 5.82 Å². The van der Waals surface area contributed by atoms with Gasteiger partial charge in [-0.3, -0.25) is 0 Å². The smallest absolute Gasteiger partial charge is 0.317 e. The molecule has 128 valence electrons. The molecule has 1 saturated carbocycles. The fourth-order valence-electron chi connectivity index (χ4n) is 3.01.